The van der Waals surface area contributed by atoms with Gasteiger partial charge in [0.2, 0.25) is 0 Å². The molecule has 0 spiro atoms. The van der Waals surface area contributed by atoms with Crippen molar-refractivity contribution in [2.75, 3.05) is 38.0 Å². The van der Waals surface area contributed by atoms with Crippen molar-refractivity contribution in [3.8, 4) is 0 Å². The number of hydrogen-bond donors (Lipinski definition) is 0. The molecule has 4 rings (SSSR count). The number of anilines is 2. The summed E-state index contributed by atoms with van der Waals surface area (Å²) in [6.45, 7) is 0. The highest BCUT2D eigenvalue weighted by Gasteiger charge is 2.44. The molecule has 0 bridgehead atoms. The van der Waals surface area contributed by atoms with Crippen LogP contribution in [0.2, 0.25) is 0 Å². The number of hydrogen-bond acceptors (Lipinski definition) is 3. The highest BCUT2D eigenvalue weighted by Crippen LogP contribution is 2.43. The number of rotatable bonds is 7. The Morgan fingerprint density at radius 2 is 0.879 bits per heavy atom. The summed E-state index contributed by atoms with van der Waals surface area (Å²) in [5.41, 5.74) is 4.75. The molecule has 0 amide bonds. The molecule has 0 radical (unpaired) electrons. The van der Waals surface area contributed by atoms with Crippen molar-refractivity contribution in [3.05, 3.63) is 131 Å². The third-order valence-corrected chi connectivity index (χ3v) is 6.22. The first-order valence-electron chi connectivity index (χ1n) is 11.2. The van der Waals surface area contributed by atoms with Crippen LogP contribution in [0, 0.1) is 0 Å². The Bertz CT molecular complexity index is 1140. The van der Waals surface area contributed by atoms with E-state index >= 15 is 0 Å². The number of carbonyl (C=O) groups is 1. The maximum atomic E-state index is 14.5. The van der Waals surface area contributed by atoms with Crippen molar-refractivity contribution < 1.29 is 4.79 Å². The zero-order valence-electron chi connectivity index (χ0n) is 19.7. The standard InChI is InChI=1S/C30H30N2O/c1-31(2)27-19-15-25(16-20-27)30(24-13-9-6-10-14-24,29(33)23-11-7-5-8-12-23)26-17-21-28(22-18-26)32(3)4/h5-22H,1-4H3. The molecule has 0 aliphatic carbocycles. The van der Waals surface area contributed by atoms with Crippen LogP contribution in [0.5, 0.6) is 0 Å². The van der Waals surface area contributed by atoms with Gasteiger partial charge in [0, 0.05) is 45.1 Å². The quantitative estimate of drug-likeness (QED) is 0.262. The lowest BCUT2D eigenvalue weighted by atomic mass is 9.65. The minimum Gasteiger partial charge on any atom is -0.378 e. The van der Waals surface area contributed by atoms with Crippen LogP contribution in [0.25, 0.3) is 0 Å². The summed E-state index contributed by atoms with van der Waals surface area (Å²) in [6, 6.07) is 36.4. The monoisotopic (exact) mass is 434 g/mol. The molecule has 0 saturated heterocycles. The van der Waals surface area contributed by atoms with E-state index < -0.39 is 5.41 Å². The molecular formula is C30H30N2O. The van der Waals surface area contributed by atoms with Crippen molar-refractivity contribution >= 4 is 17.2 Å². The molecule has 0 aromatic heterocycles. The van der Waals surface area contributed by atoms with Crippen LogP contribution in [0.1, 0.15) is 27.0 Å². The van der Waals surface area contributed by atoms with Gasteiger partial charge in [-0.15, -0.1) is 0 Å². The van der Waals surface area contributed by atoms with Crippen LogP contribution >= 0.6 is 0 Å². The minimum atomic E-state index is -0.974. The molecule has 3 heteroatoms. The first-order valence-corrected chi connectivity index (χ1v) is 11.2. The Labute approximate surface area is 196 Å². The van der Waals surface area contributed by atoms with Crippen LogP contribution < -0.4 is 9.80 Å². The van der Waals surface area contributed by atoms with Crippen molar-refractivity contribution in [2.45, 2.75) is 5.41 Å². The van der Waals surface area contributed by atoms with Crippen LogP contribution in [-0.4, -0.2) is 34.0 Å². The smallest absolute Gasteiger partial charge is 0.182 e. The number of ketones is 1. The normalized spacial score (nSPS) is 11.2. The van der Waals surface area contributed by atoms with E-state index in [-0.39, 0.29) is 5.78 Å². The largest absolute Gasteiger partial charge is 0.378 e. The van der Waals surface area contributed by atoms with E-state index in [1.165, 1.54) is 0 Å². The molecule has 4 aromatic carbocycles. The summed E-state index contributed by atoms with van der Waals surface area (Å²) in [7, 11) is 8.09. The van der Waals surface area contributed by atoms with Gasteiger partial charge in [0.15, 0.2) is 5.78 Å². The van der Waals surface area contributed by atoms with E-state index in [0.717, 1.165) is 28.1 Å². The van der Waals surface area contributed by atoms with Crippen LogP contribution in [0.15, 0.2) is 109 Å². The SMILES string of the molecule is CN(C)c1ccc(C(C(=O)c2ccccc2)(c2ccccc2)c2ccc(N(C)C)cc2)cc1. The Morgan fingerprint density at radius 1 is 0.515 bits per heavy atom. The van der Waals surface area contributed by atoms with Gasteiger partial charge >= 0.3 is 0 Å². The Kier molecular flexibility index (Phi) is 6.32. The summed E-state index contributed by atoms with van der Waals surface area (Å²) >= 11 is 0. The van der Waals surface area contributed by atoms with Gasteiger partial charge in [0.25, 0.3) is 0 Å². The summed E-state index contributed by atoms with van der Waals surface area (Å²) < 4.78 is 0. The molecule has 4 aromatic rings. The average molecular weight is 435 g/mol. The second-order valence-corrected chi connectivity index (χ2v) is 8.69. The van der Waals surface area contributed by atoms with Crippen LogP contribution in [0.3, 0.4) is 0 Å². The molecule has 0 unspecified atom stereocenters. The summed E-state index contributed by atoms with van der Waals surface area (Å²) in [4.78, 5) is 18.6. The van der Waals surface area contributed by atoms with E-state index in [2.05, 4.69) is 70.5 Å². The number of Topliss-reactive ketones (excluding diaryl/α,β-unsaturated/α-hetero) is 1. The molecular weight excluding hydrogens is 404 g/mol. The molecule has 3 nitrogen and oxygen atoms in total. The highest BCUT2D eigenvalue weighted by molar-refractivity contribution is 6.09. The molecule has 33 heavy (non-hydrogen) atoms. The van der Waals surface area contributed by atoms with Crippen molar-refractivity contribution in [1.82, 2.24) is 0 Å². The zero-order valence-corrected chi connectivity index (χ0v) is 19.7. The fourth-order valence-corrected chi connectivity index (χ4v) is 4.41. The third kappa shape index (κ3) is 4.14. The van der Waals surface area contributed by atoms with E-state index in [0.29, 0.717) is 5.56 Å². The first-order chi connectivity index (χ1) is 15.9. The van der Waals surface area contributed by atoms with Gasteiger partial charge in [-0.2, -0.15) is 0 Å². The molecule has 0 atom stereocenters. The van der Waals surface area contributed by atoms with E-state index in [4.69, 9.17) is 0 Å². The second kappa shape index (κ2) is 9.33. The van der Waals surface area contributed by atoms with Gasteiger partial charge in [-0.3, -0.25) is 4.79 Å². The fourth-order valence-electron chi connectivity index (χ4n) is 4.41. The molecule has 0 heterocycles. The Hall–Kier alpha value is -3.85. The lowest BCUT2D eigenvalue weighted by Crippen LogP contribution is -2.38. The molecule has 0 N–H and O–H groups in total. The lowest BCUT2D eigenvalue weighted by Gasteiger charge is -2.35. The Balaban J connectivity index is 2.04. The molecule has 0 aliphatic heterocycles. The fraction of sp³-hybridized carbons (Fsp3) is 0.167. The summed E-state index contributed by atoms with van der Waals surface area (Å²) in [5, 5.41) is 0. The van der Waals surface area contributed by atoms with Crippen molar-refractivity contribution in [2.24, 2.45) is 0 Å². The predicted octanol–water partition coefficient (Wildman–Crippen LogP) is 6.04. The number of nitrogens with zero attached hydrogens (tertiary/aromatic N) is 2. The zero-order chi connectivity index (χ0) is 23.4. The van der Waals surface area contributed by atoms with Gasteiger partial charge in [-0.05, 0) is 41.0 Å². The van der Waals surface area contributed by atoms with Crippen molar-refractivity contribution in [3.63, 3.8) is 0 Å². The van der Waals surface area contributed by atoms with E-state index in [1.807, 2.05) is 76.7 Å². The van der Waals surface area contributed by atoms with Crippen molar-refractivity contribution in [1.29, 1.82) is 0 Å². The lowest BCUT2D eigenvalue weighted by molar-refractivity contribution is 0.0935. The van der Waals surface area contributed by atoms with Crippen LogP contribution in [-0.2, 0) is 5.41 Å². The Morgan fingerprint density at radius 3 is 1.27 bits per heavy atom. The molecule has 166 valence electrons. The van der Waals surface area contributed by atoms with E-state index in [1.54, 1.807) is 0 Å². The van der Waals surface area contributed by atoms with Gasteiger partial charge in [0.05, 0.1) is 0 Å². The van der Waals surface area contributed by atoms with Gasteiger partial charge in [-0.25, -0.2) is 0 Å². The summed E-state index contributed by atoms with van der Waals surface area (Å²) in [5.74, 6) is 0.0597. The summed E-state index contributed by atoms with van der Waals surface area (Å²) in [6.07, 6.45) is 0. The topological polar surface area (TPSA) is 23.6 Å². The molecule has 0 saturated carbocycles. The maximum Gasteiger partial charge on any atom is 0.182 e. The van der Waals surface area contributed by atoms with Crippen LogP contribution in [0.4, 0.5) is 11.4 Å². The average Bonchev–Trinajstić information content (AvgIpc) is 2.86. The van der Waals surface area contributed by atoms with Gasteiger partial charge in [-0.1, -0.05) is 84.9 Å². The van der Waals surface area contributed by atoms with E-state index in [9.17, 15) is 4.79 Å². The van der Waals surface area contributed by atoms with Gasteiger partial charge < -0.3 is 9.80 Å². The predicted molar refractivity (Wildman–Crippen MR) is 139 cm³/mol. The minimum absolute atomic E-state index is 0.0597. The molecule has 0 aliphatic rings. The maximum absolute atomic E-state index is 14.5. The third-order valence-electron chi connectivity index (χ3n) is 6.22. The second-order valence-electron chi connectivity index (χ2n) is 8.69. The van der Waals surface area contributed by atoms with Gasteiger partial charge in [0.1, 0.15) is 5.41 Å². The number of benzene rings is 4. The first kappa shape index (κ1) is 22.3. The highest BCUT2D eigenvalue weighted by atomic mass is 16.1. The molecule has 0 fully saturated rings. The number of carbonyl (C=O) groups excluding carboxylic acids is 1.